The molecule has 136 valence electrons. The summed E-state index contributed by atoms with van der Waals surface area (Å²) < 4.78 is 4.96. The van der Waals surface area contributed by atoms with Gasteiger partial charge in [0.1, 0.15) is 0 Å². The van der Waals surface area contributed by atoms with E-state index in [1.807, 2.05) is 41.3 Å². The van der Waals surface area contributed by atoms with Gasteiger partial charge in [0.05, 0.1) is 13.2 Å². The van der Waals surface area contributed by atoms with E-state index in [4.69, 9.17) is 4.74 Å². The number of aryl methyl sites for hydroxylation is 2. The largest absolute Gasteiger partial charge is 0.383 e. The number of amides is 2. The number of benzene rings is 2. The van der Waals surface area contributed by atoms with Crippen LogP contribution in [0.25, 0.3) is 0 Å². The molecule has 1 aliphatic heterocycles. The van der Waals surface area contributed by atoms with Crippen LogP contribution in [0.5, 0.6) is 0 Å². The van der Waals surface area contributed by atoms with Crippen molar-refractivity contribution in [1.82, 2.24) is 5.32 Å². The molecule has 5 nitrogen and oxygen atoms in total. The van der Waals surface area contributed by atoms with Crippen LogP contribution in [0.4, 0.5) is 5.69 Å². The lowest BCUT2D eigenvalue weighted by molar-refractivity contribution is -0.116. The zero-order valence-corrected chi connectivity index (χ0v) is 15.2. The number of fused-ring (bicyclic) bond motifs is 2. The summed E-state index contributed by atoms with van der Waals surface area (Å²) in [5.41, 5.74) is 4.98. The Morgan fingerprint density at radius 2 is 1.85 bits per heavy atom. The molecule has 2 amide bonds. The van der Waals surface area contributed by atoms with Gasteiger partial charge in [0.25, 0.3) is 5.91 Å². The smallest absolute Gasteiger partial charge is 0.251 e. The van der Waals surface area contributed by atoms with Crippen molar-refractivity contribution in [2.45, 2.75) is 26.3 Å². The molecular weight excluding hydrogens is 328 g/mol. The first-order valence-corrected chi connectivity index (χ1v) is 8.85. The Balaban J connectivity index is 1.88. The third kappa shape index (κ3) is 3.94. The average Bonchev–Trinajstić information content (AvgIpc) is 2.63. The molecule has 0 radical (unpaired) electrons. The first kappa shape index (κ1) is 18.1. The van der Waals surface area contributed by atoms with Crippen LogP contribution in [0.2, 0.25) is 0 Å². The Hall–Kier alpha value is -2.66. The van der Waals surface area contributed by atoms with Crippen LogP contribution in [0.15, 0.2) is 42.5 Å². The number of carbonyl (C=O) groups is 2. The highest BCUT2D eigenvalue weighted by Crippen LogP contribution is 2.28. The molecule has 1 heterocycles. The Bertz CT molecular complexity index is 817. The van der Waals surface area contributed by atoms with Crippen LogP contribution in [-0.4, -0.2) is 32.1 Å². The normalized spacial score (nSPS) is 13.2. The number of rotatable bonds is 4. The van der Waals surface area contributed by atoms with E-state index in [9.17, 15) is 9.59 Å². The molecule has 0 unspecified atom stereocenters. The molecule has 0 aromatic heterocycles. The highest BCUT2D eigenvalue weighted by Gasteiger charge is 2.20. The van der Waals surface area contributed by atoms with E-state index in [-0.39, 0.29) is 11.8 Å². The van der Waals surface area contributed by atoms with Gasteiger partial charge in [-0.05, 0) is 47.7 Å². The lowest BCUT2D eigenvalue weighted by Crippen LogP contribution is -2.31. The lowest BCUT2D eigenvalue weighted by Gasteiger charge is -2.28. The molecule has 1 N–H and O–H groups in total. The number of nitrogens with zero attached hydrogens (tertiary/aromatic N) is 1. The summed E-state index contributed by atoms with van der Waals surface area (Å²) in [5, 5.41) is 2.85. The minimum Gasteiger partial charge on any atom is -0.383 e. The van der Waals surface area contributed by atoms with E-state index in [2.05, 4.69) is 11.4 Å². The second-order valence-electron chi connectivity index (χ2n) is 6.47. The van der Waals surface area contributed by atoms with Crippen LogP contribution in [0, 0.1) is 0 Å². The highest BCUT2D eigenvalue weighted by atomic mass is 16.5. The summed E-state index contributed by atoms with van der Waals surface area (Å²) in [4.78, 5) is 26.3. The molecule has 0 fully saturated rings. The number of carbonyl (C=O) groups excluding carboxylic acids is 2. The standard InChI is InChI=1S/C21H24N2O3/c1-15(24)23-14-19-10-9-18(21(25)22-11-12-26-2)13-17(19)8-7-16-5-3-4-6-20(16)23/h3-6,9-10,13H,7-8,11-12,14H2,1-2H3,(H,22,25). The fourth-order valence-electron chi connectivity index (χ4n) is 3.31. The summed E-state index contributed by atoms with van der Waals surface area (Å²) in [5.74, 6) is -0.0811. The first-order chi connectivity index (χ1) is 12.6. The summed E-state index contributed by atoms with van der Waals surface area (Å²) in [6, 6.07) is 13.8. The zero-order chi connectivity index (χ0) is 18.5. The fraction of sp³-hybridized carbons (Fsp3) is 0.333. The number of para-hydroxylation sites is 1. The summed E-state index contributed by atoms with van der Waals surface area (Å²) in [7, 11) is 1.61. The third-order valence-electron chi connectivity index (χ3n) is 4.71. The molecule has 0 spiro atoms. The zero-order valence-electron chi connectivity index (χ0n) is 15.2. The van der Waals surface area contributed by atoms with E-state index in [0.29, 0.717) is 25.3 Å². The maximum Gasteiger partial charge on any atom is 0.251 e. The van der Waals surface area contributed by atoms with Crippen molar-refractivity contribution in [1.29, 1.82) is 0 Å². The van der Waals surface area contributed by atoms with Gasteiger partial charge in [0, 0.05) is 31.8 Å². The van der Waals surface area contributed by atoms with Crippen LogP contribution in [-0.2, 0) is 28.9 Å². The minimum absolute atomic E-state index is 0.0201. The third-order valence-corrected chi connectivity index (χ3v) is 4.71. The molecule has 2 aromatic rings. The van der Waals surface area contributed by atoms with Crippen LogP contribution < -0.4 is 10.2 Å². The molecule has 0 atom stereocenters. The first-order valence-electron chi connectivity index (χ1n) is 8.85. The lowest BCUT2D eigenvalue weighted by atomic mass is 9.93. The van der Waals surface area contributed by atoms with E-state index in [1.165, 1.54) is 0 Å². The topological polar surface area (TPSA) is 58.6 Å². The number of nitrogens with one attached hydrogen (secondary N) is 1. The quantitative estimate of drug-likeness (QED) is 0.861. The number of hydrogen-bond acceptors (Lipinski definition) is 3. The van der Waals surface area contributed by atoms with Crippen molar-refractivity contribution in [3.63, 3.8) is 0 Å². The number of methoxy groups -OCH3 is 1. The van der Waals surface area contributed by atoms with Crippen LogP contribution >= 0.6 is 0 Å². The number of anilines is 1. The van der Waals surface area contributed by atoms with Gasteiger partial charge in [-0.2, -0.15) is 0 Å². The molecule has 26 heavy (non-hydrogen) atoms. The second kappa shape index (κ2) is 8.15. The number of hydrogen-bond donors (Lipinski definition) is 1. The molecular formula is C21H24N2O3. The van der Waals surface area contributed by atoms with Crippen molar-refractivity contribution in [2.75, 3.05) is 25.2 Å². The molecule has 5 heteroatoms. The van der Waals surface area contributed by atoms with Crippen molar-refractivity contribution in [3.8, 4) is 0 Å². The minimum atomic E-state index is -0.101. The average molecular weight is 352 g/mol. The molecule has 0 saturated heterocycles. The second-order valence-corrected chi connectivity index (χ2v) is 6.47. The van der Waals surface area contributed by atoms with Gasteiger partial charge in [-0.25, -0.2) is 0 Å². The van der Waals surface area contributed by atoms with E-state index >= 15 is 0 Å². The van der Waals surface area contributed by atoms with Gasteiger partial charge in [-0.1, -0.05) is 24.3 Å². The van der Waals surface area contributed by atoms with Crippen molar-refractivity contribution >= 4 is 17.5 Å². The monoisotopic (exact) mass is 352 g/mol. The molecule has 0 saturated carbocycles. The Kier molecular flexibility index (Phi) is 5.68. The SMILES string of the molecule is COCCNC(=O)c1ccc2c(c1)CCc1ccccc1N(C(C)=O)C2. The Morgan fingerprint density at radius 3 is 2.62 bits per heavy atom. The van der Waals surface area contributed by atoms with E-state index in [0.717, 1.165) is 35.2 Å². The molecule has 1 aliphatic rings. The summed E-state index contributed by atoms with van der Waals surface area (Å²) in [6.07, 6.45) is 1.68. The van der Waals surface area contributed by atoms with Gasteiger partial charge in [-0.3, -0.25) is 9.59 Å². The highest BCUT2D eigenvalue weighted by molar-refractivity contribution is 5.95. The van der Waals surface area contributed by atoms with Crippen molar-refractivity contribution < 1.29 is 14.3 Å². The summed E-state index contributed by atoms with van der Waals surface area (Å²) in [6.45, 7) is 3.09. The van der Waals surface area contributed by atoms with Crippen molar-refractivity contribution in [3.05, 3.63) is 64.7 Å². The van der Waals surface area contributed by atoms with Gasteiger partial charge in [0.2, 0.25) is 5.91 Å². The molecule has 3 rings (SSSR count). The summed E-state index contributed by atoms with van der Waals surface area (Å²) >= 11 is 0. The Labute approximate surface area is 154 Å². The maximum absolute atomic E-state index is 12.3. The van der Waals surface area contributed by atoms with Gasteiger partial charge in [-0.15, -0.1) is 0 Å². The predicted octanol–water partition coefficient (Wildman–Crippen LogP) is 2.71. The molecule has 2 aromatic carbocycles. The van der Waals surface area contributed by atoms with Crippen LogP contribution in [0.3, 0.4) is 0 Å². The predicted molar refractivity (Wildman–Crippen MR) is 101 cm³/mol. The Morgan fingerprint density at radius 1 is 1.08 bits per heavy atom. The maximum atomic E-state index is 12.3. The van der Waals surface area contributed by atoms with Gasteiger partial charge < -0.3 is 15.0 Å². The fourth-order valence-corrected chi connectivity index (χ4v) is 3.31. The van der Waals surface area contributed by atoms with Gasteiger partial charge >= 0.3 is 0 Å². The molecule has 0 aliphatic carbocycles. The van der Waals surface area contributed by atoms with Crippen LogP contribution in [0.1, 0.15) is 34.0 Å². The number of ether oxygens (including phenoxy) is 1. The molecule has 0 bridgehead atoms. The van der Waals surface area contributed by atoms with E-state index in [1.54, 1.807) is 14.0 Å². The van der Waals surface area contributed by atoms with Gasteiger partial charge in [0.15, 0.2) is 0 Å². The van der Waals surface area contributed by atoms with E-state index < -0.39 is 0 Å². The van der Waals surface area contributed by atoms with Crippen molar-refractivity contribution in [2.24, 2.45) is 0 Å².